The van der Waals surface area contributed by atoms with Crippen molar-refractivity contribution in [3.05, 3.63) is 30.6 Å². The van der Waals surface area contributed by atoms with Crippen molar-refractivity contribution in [3.63, 3.8) is 0 Å². The van der Waals surface area contributed by atoms with Gasteiger partial charge in [0.1, 0.15) is 5.75 Å². The quantitative estimate of drug-likeness (QED) is 0.743. The van der Waals surface area contributed by atoms with Crippen LogP contribution in [0.1, 0.15) is 13.3 Å². The van der Waals surface area contributed by atoms with Gasteiger partial charge < -0.3 is 15.8 Å². The van der Waals surface area contributed by atoms with Crippen LogP contribution in [0, 0.1) is 0 Å². The minimum absolute atomic E-state index is 0.648. The van der Waals surface area contributed by atoms with Crippen LogP contribution in [0.4, 0.5) is 11.4 Å². The van der Waals surface area contributed by atoms with Gasteiger partial charge in [0.25, 0.3) is 0 Å². The third-order valence-corrected chi connectivity index (χ3v) is 2.66. The number of nitrogens with two attached hydrogens (primary N) is 1. The molecular weight excluding hydrogens is 242 g/mol. The Morgan fingerprint density at radius 1 is 1.42 bits per heavy atom. The lowest BCUT2D eigenvalue weighted by atomic mass is 10.2. The Bertz CT molecular complexity index is 498. The maximum absolute atomic E-state index is 6.06. The summed E-state index contributed by atoms with van der Waals surface area (Å²) in [5.41, 5.74) is 7.59. The van der Waals surface area contributed by atoms with E-state index in [1.807, 2.05) is 24.4 Å². The molecule has 0 amide bonds. The molecule has 0 saturated heterocycles. The number of ether oxygens (including phenoxy) is 1. The molecule has 0 unspecified atom stereocenters. The van der Waals surface area contributed by atoms with E-state index in [4.69, 9.17) is 10.5 Å². The van der Waals surface area contributed by atoms with E-state index in [1.54, 1.807) is 10.9 Å². The lowest BCUT2D eigenvalue weighted by molar-refractivity contribution is 0.319. The topological polar surface area (TPSA) is 78.0 Å². The second-order valence-electron chi connectivity index (χ2n) is 4.16. The van der Waals surface area contributed by atoms with Gasteiger partial charge in [-0.2, -0.15) is 0 Å². The van der Waals surface area contributed by atoms with Crippen molar-refractivity contribution in [2.75, 3.05) is 24.2 Å². The maximum atomic E-state index is 6.06. The fourth-order valence-electron chi connectivity index (χ4n) is 1.69. The molecule has 0 aliphatic heterocycles. The molecule has 0 atom stereocenters. The van der Waals surface area contributed by atoms with Gasteiger partial charge in [0.2, 0.25) is 0 Å². The zero-order chi connectivity index (χ0) is 13.5. The van der Waals surface area contributed by atoms with Crippen LogP contribution in [0.15, 0.2) is 30.6 Å². The highest BCUT2D eigenvalue weighted by atomic mass is 16.5. The van der Waals surface area contributed by atoms with Crippen LogP contribution >= 0.6 is 0 Å². The smallest absolute Gasteiger partial charge is 0.144 e. The summed E-state index contributed by atoms with van der Waals surface area (Å²) in [5.74, 6) is 0.729. The van der Waals surface area contributed by atoms with Crippen LogP contribution in [-0.2, 0) is 6.54 Å². The first kappa shape index (κ1) is 13.2. The SMILES string of the molecule is CCCOc1cccc(NCCn2ccnn2)c1N. The monoisotopic (exact) mass is 261 g/mol. The standard InChI is InChI=1S/C13H19N5O/c1-2-10-19-12-5-3-4-11(13(12)14)15-6-8-18-9-7-16-17-18/h3-5,7,9,15H,2,6,8,10,14H2,1H3. The van der Waals surface area contributed by atoms with Gasteiger partial charge in [0.05, 0.1) is 30.7 Å². The Morgan fingerprint density at radius 3 is 3.05 bits per heavy atom. The summed E-state index contributed by atoms with van der Waals surface area (Å²) in [7, 11) is 0. The number of para-hydroxylation sites is 1. The summed E-state index contributed by atoms with van der Waals surface area (Å²) in [6.45, 7) is 4.20. The Morgan fingerprint density at radius 2 is 2.32 bits per heavy atom. The Labute approximate surface area is 112 Å². The van der Waals surface area contributed by atoms with Gasteiger partial charge in [0, 0.05) is 12.7 Å². The van der Waals surface area contributed by atoms with E-state index in [2.05, 4.69) is 22.6 Å². The van der Waals surface area contributed by atoms with E-state index < -0.39 is 0 Å². The molecular formula is C13H19N5O. The van der Waals surface area contributed by atoms with Gasteiger partial charge >= 0.3 is 0 Å². The van der Waals surface area contributed by atoms with Crippen molar-refractivity contribution >= 4 is 11.4 Å². The Hall–Kier alpha value is -2.24. The van der Waals surface area contributed by atoms with Crippen LogP contribution in [0.2, 0.25) is 0 Å². The molecule has 1 aromatic carbocycles. The molecule has 0 aliphatic carbocycles. The first-order valence-electron chi connectivity index (χ1n) is 6.40. The van der Waals surface area contributed by atoms with E-state index in [0.717, 1.165) is 30.9 Å². The average Bonchev–Trinajstić information content (AvgIpc) is 2.92. The Balaban J connectivity index is 1.92. The number of hydrogen-bond acceptors (Lipinski definition) is 5. The molecule has 0 fully saturated rings. The molecule has 0 saturated carbocycles. The third-order valence-electron chi connectivity index (χ3n) is 2.66. The summed E-state index contributed by atoms with van der Waals surface area (Å²) in [4.78, 5) is 0. The van der Waals surface area contributed by atoms with Gasteiger partial charge in [-0.05, 0) is 18.6 Å². The van der Waals surface area contributed by atoms with Crippen molar-refractivity contribution < 1.29 is 4.74 Å². The number of nitrogens with zero attached hydrogens (tertiary/aromatic N) is 3. The first-order chi connectivity index (χ1) is 9.31. The van der Waals surface area contributed by atoms with Gasteiger partial charge in [-0.25, -0.2) is 0 Å². The van der Waals surface area contributed by atoms with E-state index in [1.165, 1.54) is 0 Å². The van der Waals surface area contributed by atoms with Crippen LogP contribution in [0.25, 0.3) is 0 Å². The molecule has 6 nitrogen and oxygen atoms in total. The summed E-state index contributed by atoms with van der Waals surface area (Å²) in [6, 6.07) is 5.75. The molecule has 0 bridgehead atoms. The number of nitrogens with one attached hydrogen (secondary N) is 1. The second kappa shape index (κ2) is 6.63. The van der Waals surface area contributed by atoms with Crippen LogP contribution < -0.4 is 15.8 Å². The number of aromatic nitrogens is 3. The number of hydrogen-bond donors (Lipinski definition) is 2. The highest BCUT2D eigenvalue weighted by Gasteiger charge is 2.05. The molecule has 1 aromatic heterocycles. The molecule has 0 radical (unpaired) electrons. The van der Waals surface area contributed by atoms with E-state index in [-0.39, 0.29) is 0 Å². The lowest BCUT2D eigenvalue weighted by Crippen LogP contribution is -2.12. The van der Waals surface area contributed by atoms with Crippen LogP contribution in [0.3, 0.4) is 0 Å². The summed E-state index contributed by atoms with van der Waals surface area (Å²) in [6.07, 6.45) is 4.45. The fourth-order valence-corrected chi connectivity index (χ4v) is 1.69. The predicted molar refractivity (Wildman–Crippen MR) is 75.2 cm³/mol. The van der Waals surface area contributed by atoms with Gasteiger partial charge in [-0.3, -0.25) is 4.68 Å². The average molecular weight is 261 g/mol. The molecule has 6 heteroatoms. The number of anilines is 2. The lowest BCUT2D eigenvalue weighted by Gasteiger charge is -2.13. The fraction of sp³-hybridized carbons (Fsp3) is 0.385. The highest BCUT2D eigenvalue weighted by Crippen LogP contribution is 2.29. The predicted octanol–water partition coefficient (Wildman–Crippen LogP) is 1.76. The normalized spacial score (nSPS) is 10.4. The number of rotatable bonds is 7. The van der Waals surface area contributed by atoms with Gasteiger partial charge in [-0.1, -0.05) is 18.2 Å². The van der Waals surface area contributed by atoms with Crippen molar-refractivity contribution in [1.82, 2.24) is 15.0 Å². The minimum Gasteiger partial charge on any atom is -0.491 e. The van der Waals surface area contributed by atoms with Crippen LogP contribution in [0.5, 0.6) is 5.75 Å². The first-order valence-corrected chi connectivity index (χ1v) is 6.40. The van der Waals surface area contributed by atoms with E-state index in [0.29, 0.717) is 12.3 Å². The molecule has 1 heterocycles. The van der Waals surface area contributed by atoms with Crippen LogP contribution in [-0.4, -0.2) is 28.1 Å². The molecule has 2 rings (SSSR count). The summed E-state index contributed by atoms with van der Waals surface area (Å²) < 4.78 is 7.35. The zero-order valence-electron chi connectivity index (χ0n) is 11.0. The van der Waals surface area contributed by atoms with Gasteiger partial charge in [-0.15, -0.1) is 5.10 Å². The number of benzene rings is 1. The zero-order valence-corrected chi connectivity index (χ0v) is 11.0. The van der Waals surface area contributed by atoms with Crippen molar-refractivity contribution in [2.45, 2.75) is 19.9 Å². The molecule has 3 N–H and O–H groups in total. The Kier molecular flexibility index (Phi) is 4.60. The van der Waals surface area contributed by atoms with Gasteiger partial charge in [0.15, 0.2) is 0 Å². The highest BCUT2D eigenvalue weighted by molar-refractivity contribution is 5.72. The minimum atomic E-state index is 0.648. The molecule has 102 valence electrons. The molecule has 0 aliphatic rings. The van der Waals surface area contributed by atoms with Crippen molar-refractivity contribution in [2.24, 2.45) is 0 Å². The summed E-state index contributed by atoms with van der Waals surface area (Å²) >= 11 is 0. The third kappa shape index (κ3) is 3.61. The van der Waals surface area contributed by atoms with E-state index in [9.17, 15) is 0 Å². The second-order valence-corrected chi connectivity index (χ2v) is 4.16. The van der Waals surface area contributed by atoms with Crippen molar-refractivity contribution in [3.8, 4) is 5.75 Å². The maximum Gasteiger partial charge on any atom is 0.144 e. The molecule has 0 spiro atoms. The largest absolute Gasteiger partial charge is 0.491 e. The van der Waals surface area contributed by atoms with Crippen molar-refractivity contribution in [1.29, 1.82) is 0 Å². The number of nitrogen functional groups attached to an aromatic ring is 1. The molecule has 19 heavy (non-hydrogen) atoms. The molecule has 2 aromatic rings. The summed E-state index contributed by atoms with van der Waals surface area (Å²) in [5, 5.41) is 10.9. The van der Waals surface area contributed by atoms with E-state index >= 15 is 0 Å².